The second-order valence-corrected chi connectivity index (χ2v) is 6.20. The summed E-state index contributed by atoms with van der Waals surface area (Å²) in [6.45, 7) is 4.59. The minimum Gasteiger partial charge on any atom is -0.327 e. The smallest absolute Gasteiger partial charge is 0.0167 e. The van der Waals surface area contributed by atoms with Crippen LogP contribution in [0.5, 0.6) is 0 Å². The number of nitrogens with two attached hydrogens (primary N) is 1. The SMILES string of the molecule is CCCC(N)CN(C)CC1CC2CCC1C2. The molecule has 0 aromatic heterocycles. The highest BCUT2D eigenvalue weighted by Crippen LogP contribution is 2.48. The van der Waals surface area contributed by atoms with Gasteiger partial charge in [-0.1, -0.05) is 19.8 Å². The molecule has 2 heteroatoms. The molecule has 0 saturated heterocycles. The maximum absolute atomic E-state index is 6.09. The van der Waals surface area contributed by atoms with Crippen molar-refractivity contribution in [3.63, 3.8) is 0 Å². The van der Waals surface area contributed by atoms with Crippen LogP contribution in [0.2, 0.25) is 0 Å². The molecular formula is C14H28N2. The maximum Gasteiger partial charge on any atom is 0.0167 e. The Morgan fingerprint density at radius 3 is 2.69 bits per heavy atom. The highest BCUT2D eigenvalue weighted by Gasteiger charge is 2.39. The van der Waals surface area contributed by atoms with Crippen molar-refractivity contribution in [1.82, 2.24) is 4.90 Å². The Kier molecular flexibility index (Phi) is 4.26. The van der Waals surface area contributed by atoms with Gasteiger partial charge in [0.05, 0.1) is 0 Å². The Hall–Kier alpha value is -0.0800. The average molecular weight is 224 g/mol. The highest BCUT2D eigenvalue weighted by atomic mass is 15.1. The van der Waals surface area contributed by atoms with E-state index in [2.05, 4.69) is 18.9 Å². The number of rotatable bonds is 6. The summed E-state index contributed by atoms with van der Waals surface area (Å²) in [4.78, 5) is 2.48. The van der Waals surface area contributed by atoms with Crippen molar-refractivity contribution >= 4 is 0 Å². The third kappa shape index (κ3) is 2.98. The Morgan fingerprint density at radius 2 is 2.12 bits per heavy atom. The monoisotopic (exact) mass is 224 g/mol. The van der Waals surface area contributed by atoms with E-state index in [9.17, 15) is 0 Å². The molecule has 0 aliphatic heterocycles. The van der Waals surface area contributed by atoms with Crippen molar-refractivity contribution in [3.05, 3.63) is 0 Å². The fraction of sp³-hybridized carbons (Fsp3) is 1.00. The molecule has 0 spiro atoms. The van der Waals surface area contributed by atoms with E-state index < -0.39 is 0 Å². The van der Waals surface area contributed by atoms with Crippen LogP contribution in [0, 0.1) is 17.8 Å². The molecule has 2 aliphatic rings. The van der Waals surface area contributed by atoms with Gasteiger partial charge >= 0.3 is 0 Å². The van der Waals surface area contributed by atoms with E-state index in [-0.39, 0.29) is 0 Å². The second kappa shape index (κ2) is 5.50. The van der Waals surface area contributed by atoms with Gasteiger partial charge in [0.25, 0.3) is 0 Å². The first-order valence-electron chi connectivity index (χ1n) is 7.13. The lowest BCUT2D eigenvalue weighted by Gasteiger charge is -2.28. The number of likely N-dealkylation sites (N-methyl/N-ethyl adjacent to an activating group) is 1. The van der Waals surface area contributed by atoms with Gasteiger partial charge in [-0.05, 0) is 50.5 Å². The van der Waals surface area contributed by atoms with Crippen LogP contribution < -0.4 is 5.73 Å². The normalized spacial score (nSPS) is 34.9. The summed E-state index contributed by atoms with van der Waals surface area (Å²) in [5.41, 5.74) is 6.09. The van der Waals surface area contributed by atoms with Crippen LogP contribution in [0.15, 0.2) is 0 Å². The van der Waals surface area contributed by atoms with E-state index in [4.69, 9.17) is 5.73 Å². The van der Waals surface area contributed by atoms with Gasteiger partial charge in [0, 0.05) is 19.1 Å². The predicted octanol–water partition coefficient (Wildman–Crippen LogP) is 2.48. The summed E-state index contributed by atoms with van der Waals surface area (Å²) in [5, 5.41) is 0. The summed E-state index contributed by atoms with van der Waals surface area (Å²) in [5.74, 6) is 3.11. The van der Waals surface area contributed by atoms with Gasteiger partial charge < -0.3 is 10.6 Å². The van der Waals surface area contributed by atoms with Crippen LogP contribution in [0.25, 0.3) is 0 Å². The van der Waals surface area contributed by atoms with Gasteiger partial charge in [-0.25, -0.2) is 0 Å². The Bertz CT molecular complexity index is 217. The summed E-state index contributed by atoms with van der Waals surface area (Å²) >= 11 is 0. The number of fused-ring (bicyclic) bond motifs is 2. The van der Waals surface area contributed by atoms with Crippen molar-refractivity contribution in [2.45, 2.75) is 51.5 Å². The molecular weight excluding hydrogens is 196 g/mol. The molecule has 2 N–H and O–H groups in total. The molecule has 0 heterocycles. The average Bonchev–Trinajstić information content (AvgIpc) is 2.78. The summed E-state index contributed by atoms with van der Waals surface area (Å²) in [6, 6.07) is 0.383. The van der Waals surface area contributed by atoms with Crippen LogP contribution in [-0.2, 0) is 0 Å². The van der Waals surface area contributed by atoms with Crippen LogP contribution in [0.1, 0.15) is 45.4 Å². The molecule has 2 aliphatic carbocycles. The highest BCUT2D eigenvalue weighted by molar-refractivity contribution is 4.91. The molecule has 0 aromatic carbocycles. The van der Waals surface area contributed by atoms with E-state index in [1.165, 1.54) is 45.1 Å². The van der Waals surface area contributed by atoms with Gasteiger partial charge in [-0.2, -0.15) is 0 Å². The molecule has 2 saturated carbocycles. The summed E-state index contributed by atoms with van der Waals surface area (Å²) in [6.07, 6.45) is 8.42. The van der Waals surface area contributed by atoms with E-state index >= 15 is 0 Å². The molecule has 0 aromatic rings. The van der Waals surface area contributed by atoms with Gasteiger partial charge in [-0.15, -0.1) is 0 Å². The molecule has 2 nitrogen and oxygen atoms in total. The standard InChI is InChI=1S/C14H28N2/c1-3-4-14(15)10-16(2)9-13-8-11-5-6-12(13)7-11/h11-14H,3-10,15H2,1-2H3. The summed E-state index contributed by atoms with van der Waals surface area (Å²) < 4.78 is 0. The second-order valence-electron chi connectivity index (χ2n) is 6.20. The fourth-order valence-electron chi connectivity index (χ4n) is 3.94. The van der Waals surface area contributed by atoms with Crippen molar-refractivity contribution in [2.24, 2.45) is 23.5 Å². The van der Waals surface area contributed by atoms with Crippen LogP contribution >= 0.6 is 0 Å². The summed E-state index contributed by atoms with van der Waals surface area (Å²) in [7, 11) is 2.25. The van der Waals surface area contributed by atoms with E-state index in [0.717, 1.165) is 24.3 Å². The number of nitrogens with zero attached hydrogens (tertiary/aromatic N) is 1. The fourth-order valence-corrected chi connectivity index (χ4v) is 3.94. The quantitative estimate of drug-likeness (QED) is 0.751. The molecule has 2 fully saturated rings. The molecule has 4 unspecified atom stereocenters. The lowest BCUT2D eigenvalue weighted by atomic mass is 9.88. The van der Waals surface area contributed by atoms with Crippen LogP contribution in [0.4, 0.5) is 0 Å². The molecule has 2 rings (SSSR count). The third-order valence-electron chi connectivity index (χ3n) is 4.64. The largest absolute Gasteiger partial charge is 0.327 e. The lowest BCUT2D eigenvalue weighted by Crippen LogP contribution is -2.38. The topological polar surface area (TPSA) is 29.3 Å². The van der Waals surface area contributed by atoms with E-state index in [1.54, 1.807) is 0 Å². The van der Waals surface area contributed by atoms with Gasteiger partial charge in [-0.3, -0.25) is 0 Å². The van der Waals surface area contributed by atoms with Crippen molar-refractivity contribution in [2.75, 3.05) is 20.1 Å². The first kappa shape index (κ1) is 12.4. The van der Waals surface area contributed by atoms with Gasteiger partial charge in [0.2, 0.25) is 0 Å². The molecule has 0 amide bonds. The zero-order valence-electron chi connectivity index (χ0n) is 11.0. The van der Waals surface area contributed by atoms with Crippen LogP contribution in [-0.4, -0.2) is 31.1 Å². The van der Waals surface area contributed by atoms with E-state index in [1.807, 2.05) is 0 Å². The first-order valence-corrected chi connectivity index (χ1v) is 7.13. The maximum atomic E-state index is 6.09. The van der Waals surface area contributed by atoms with E-state index in [0.29, 0.717) is 6.04 Å². The van der Waals surface area contributed by atoms with Crippen molar-refractivity contribution < 1.29 is 0 Å². The zero-order chi connectivity index (χ0) is 11.5. The van der Waals surface area contributed by atoms with Crippen molar-refractivity contribution in [1.29, 1.82) is 0 Å². The number of hydrogen-bond acceptors (Lipinski definition) is 2. The lowest BCUT2D eigenvalue weighted by molar-refractivity contribution is 0.209. The molecule has 94 valence electrons. The zero-order valence-corrected chi connectivity index (χ0v) is 11.0. The minimum absolute atomic E-state index is 0.383. The van der Waals surface area contributed by atoms with Crippen molar-refractivity contribution in [3.8, 4) is 0 Å². The van der Waals surface area contributed by atoms with Gasteiger partial charge in [0.15, 0.2) is 0 Å². The third-order valence-corrected chi connectivity index (χ3v) is 4.64. The predicted molar refractivity (Wildman–Crippen MR) is 69.3 cm³/mol. The molecule has 2 bridgehead atoms. The Balaban J connectivity index is 1.69. The molecule has 0 radical (unpaired) electrons. The first-order chi connectivity index (χ1) is 7.69. The Labute approximate surface area is 101 Å². The van der Waals surface area contributed by atoms with Crippen LogP contribution in [0.3, 0.4) is 0 Å². The van der Waals surface area contributed by atoms with Gasteiger partial charge in [0.1, 0.15) is 0 Å². The Morgan fingerprint density at radius 1 is 1.31 bits per heavy atom. The number of hydrogen-bond donors (Lipinski definition) is 1. The molecule has 16 heavy (non-hydrogen) atoms. The molecule has 4 atom stereocenters. The minimum atomic E-state index is 0.383.